The number of ether oxygens (including phenoxy) is 1. The van der Waals surface area contributed by atoms with E-state index in [-0.39, 0.29) is 17.9 Å². The molecule has 0 N–H and O–H groups in total. The Bertz CT molecular complexity index is 1210. The fraction of sp³-hybridized carbons (Fsp3) is 0.450. The van der Waals surface area contributed by atoms with E-state index in [2.05, 4.69) is 4.98 Å². The van der Waals surface area contributed by atoms with E-state index in [1.807, 2.05) is 0 Å². The van der Waals surface area contributed by atoms with Gasteiger partial charge in [-0.2, -0.15) is 13.2 Å². The third-order valence-electron chi connectivity index (χ3n) is 5.42. The van der Waals surface area contributed by atoms with Crippen LogP contribution in [0.1, 0.15) is 43.2 Å². The molecule has 2 heterocycles. The standard InChI is InChI=1S/C20H22F3NO5S2/c1-4-13-8-16(30(3,25)26)11-24-18(13)17-10-19(2,12-29-17)31(27,28)15-7-5-6-14(9-15)20(21,22)23/h5-9,11,17H,4,10,12H2,1-3H3. The molecule has 0 amide bonds. The minimum absolute atomic E-state index is 0.0240. The van der Waals surface area contributed by atoms with Crippen molar-refractivity contribution in [2.75, 3.05) is 12.9 Å². The average molecular weight is 478 g/mol. The molecule has 1 aromatic heterocycles. The minimum Gasteiger partial charge on any atom is -0.370 e. The van der Waals surface area contributed by atoms with Crippen LogP contribution in [-0.4, -0.2) is 39.4 Å². The van der Waals surface area contributed by atoms with Gasteiger partial charge in [-0.25, -0.2) is 16.8 Å². The van der Waals surface area contributed by atoms with Crippen molar-refractivity contribution in [3.8, 4) is 0 Å². The van der Waals surface area contributed by atoms with Crippen LogP contribution in [0.3, 0.4) is 0 Å². The lowest BCUT2D eigenvalue weighted by molar-refractivity contribution is -0.137. The van der Waals surface area contributed by atoms with E-state index >= 15 is 0 Å². The Hall–Kier alpha value is -1.98. The molecule has 2 aromatic rings. The molecule has 3 rings (SSSR count). The lowest BCUT2D eigenvalue weighted by atomic mass is 10.0. The van der Waals surface area contributed by atoms with Crippen molar-refractivity contribution in [3.63, 3.8) is 0 Å². The number of nitrogens with zero attached hydrogens (tertiary/aromatic N) is 1. The van der Waals surface area contributed by atoms with Crippen molar-refractivity contribution in [3.05, 3.63) is 53.3 Å². The summed E-state index contributed by atoms with van der Waals surface area (Å²) in [7, 11) is -7.63. The Labute approximate surface area is 179 Å². The molecule has 1 aliphatic heterocycles. The van der Waals surface area contributed by atoms with E-state index in [9.17, 15) is 30.0 Å². The van der Waals surface area contributed by atoms with Crippen molar-refractivity contribution >= 4 is 19.7 Å². The second-order valence-electron chi connectivity index (χ2n) is 7.82. The highest BCUT2D eigenvalue weighted by atomic mass is 32.2. The highest BCUT2D eigenvalue weighted by Crippen LogP contribution is 2.43. The van der Waals surface area contributed by atoms with E-state index in [0.29, 0.717) is 23.7 Å². The quantitative estimate of drug-likeness (QED) is 0.651. The highest BCUT2D eigenvalue weighted by Gasteiger charge is 2.49. The Morgan fingerprint density at radius 3 is 2.42 bits per heavy atom. The van der Waals surface area contributed by atoms with Gasteiger partial charge in [-0.05, 0) is 43.2 Å². The zero-order chi connectivity index (χ0) is 23.2. The number of aromatic nitrogens is 1. The fourth-order valence-corrected chi connectivity index (χ4v) is 5.85. The molecule has 2 unspecified atom stereocenters. The Balaban J connectivity index is 1.95. The predicted octanol–water partition coefficient (Wildman–Crippen LogP) is 3.76. The van der Waals surface area contributed by atoms with Crippen molar-refractivity contribution in [1.82, 2.24) is 4.98 Å². The van der Waals surface area contributed by atoms with Gasteiger partial charge >= 0.3 is 6.18 Å². The van der Waals surface area contributed by atoms with Crippen LogP contribution >= 0.6 is 0 Å². The number of hydrogen-bond acceptors (Lipinski definition) is 6. The molecular formula is C20H22F3NO5S2. The number of sulfone groups is 2. The van der Waals surface area contributed by atoms with Crippen LogP contribution in [-0.2, 0) is 37.0 Å². The van der Waals surface area contributed by atoms with Gasteiger partial charge in [0, 0.05) is 18.9 Å². The smallest absolute Gasteiger partial charge is 0.370 e. The summed E-state index contributed by atoms with van der Waals surface area (Å²) in [4.78, 5) is 3.84. The summed E-state index contributed by atoms with van der Waals surface area (Å²) in [5.41, 5.74) is -0.00884. The number of halogens is 3. The average Bonchev–Trinajstić information content (AvgIpc) is 3.10. The number of hydrogen-bond donors (Lipinski definition) is 0. The van der Waals surface area contributed by atoms with Gasteiger partial charge in [0.15, 0.2) is 19.7 Å². The Morgan fingerprint density at radius 1 is 1.16 bits per heavy atom. The van der Waals surface area contributed by atoms with Gasteiger partial charge in [-0.15, -0.1) is 0 Å². The van der Waals surface area contributed by atoms with Crippen LogP contribution < -0.4 is 0 Å². The SMILES string of the molecule is CCc1cc(S(C)(=O)=O)cnc1C1CC(C)(S(=O)(=O)c2cccc(C(F)(F)F)c2)CO1. The van der Waals surface area contributed by atoms with Crippen LogP contribution in [0.5, 0.6) is 0 Å². The van der Waals surface area contributed by atoms with Gasteiger partial charge in [0.05, 0.1) is 27.7 Å². The lowest BCUT2D eigenvalue weighted by Gasteiger charge is -2.23. The molecule has 6 nitrogen and oxygen atoms in total. The maximum atomic E-state index is 13.2. The molecule has 11 heteroatoms. The number of aryl methyl sites for hydroxylation is 1. The summed E-state index contributed by atoms with van der Waals surface area (Å²) < 4.78 is 93.4. The molecule has 0 aliphatic carbocycles. The Morgan fingerprint density at radius 2 is 1.84 bits per heavy atom. The van der Waals surface area contributed by atoms with Gasteiger partial charge in [0.1, 0.15) is 10.9 Å². The molecule has 0 saturated carbocycles. The normalized spacial score (nSPS) is 22.6. The van der Waals surface area contributed by atoms with Crippen molar-refractivity contribution in [2.24, 2.45) is 0 Å². The molecule has 1 aliphatic rings. The number of alkyl halides is 3. The van der Waals surface area contributed by atoms with E-state index in [1.165, 1.54) is 19.2 Å². The molecule has 1 saturated heterocycles. The predicted molar refractivity (Wildman–Crippen MR) is 107 cm³/mol. The monoisotopic (exact) mass is 477 g/mol. The molecule has 1 aromatic carbocycles. The molecule has 170 valence electrons. The summed E-state index contributed by atoms with van der Waals surface area (Å²) in [6.07, 6.45) is -2.71. The molecule has 0 spiro atoms. The van der Waals surface area contributed by atoms with Crippen LogP contribution in [0.4, 0.5) is 13.2 Å². The summed E-state index contributed by atoms with van der Waals surface area (Å²) in [5.74, 6) is 0. The third kappa shape index (κ3) is 4.49. The van der Waals surface area contributed by atoms with Gasteiger partial charge in [-0.3, -0.25) is 4.98 Å². The first-order chi connectivity index (χ1) is 14.2. The molecular weight excluding hydrogens is 455 g/mol. The molecule has 31 heavy (non-hydrogen) atoms. The lowest BCUT2D eigenvalue weighted by Crippen LogP contribution is -2.36. The topological polar surface area (TPSA) is 90.4 Å². The van der Waals surface area contributed by atoms with Gasteiger partial charge in [0.2, 0.25) is 0 Å². The maximum absolute atomic E-state index is 13.2. The van der Waals surface area contributed by atoms with E-state index < -0.39 is 47.2 Å². The van der Waals surface area contributed by atoms with Crippen molar-refractivity contribution in [1.29, 1.82) is 0 Å². The summed E-state index contributed by atoms with van der Waals surface area (Å²) in [5, 5.41) is 0. The van der Waals surface area contributed by atoms with E-state index in [0.717, 1.165) is 24.5 Å². The van der Waals surface area contributed by atoms with Crippen molar-refractivity contribution in [2.45, 2.75) is 53.5 Å². The van der Waals surface area contributed by atoms with Gasteiger partial charge < -0.3 is 4.74 Å². The third-order valence-corrected chi connectivity index (χ3v) is 8.95. The number of pyridine rings is 1. The van der Waals surface area contributed by atoms with Crippen LogP contribution in [0, 0.1) is 0 Å². The molecule has 2 atom stereocenters. The van der Waals surface area contributed by atoms with Gasteiger partial charge in [-0.1, -0.05) is 13.0 Å². The summed E-state index contributed by atoms with van der Waals surface area (Å²) in [6.45, 7) is 3.01. The first-order valence-corrected chi connectivity index (χ1v) is 12.8. The van der Waals surface area contributed by atoms with Crippen LogP contribution in [0.2, 0.25) is 0 Å². The molecule has 0 bridgehead atoms. The number of rotatable bonds is 5. The Kier molecular flexibility index (Phi) is 6.00. The summed E-state index contributed by atoms with van der Waals surface area (Å²) >= 11 is 0. The fourth-order valence-electron chi connectivity index (χ4n) is 3.55. The summed E-state index contributed by atoms with van der Waals surface area (Å²) in [6, 6.07) is 5.13. The second-order valence-corrected chi connectivity index (χ2v) is 12.3. The van der Waals surface area contributed by atoms with Crippen LogP contribution in [0.15, 0.2) is 46.3 Å². The first-order valence-electron chi connectivity index (χ1n) is 9.41. The van der Waals surface area contributed by atoms with E-state index in [1.54, 1.807) is 6.92 Å². The minimum atomic E-state index is -4.66. The number of benzene rings is 1. The zero-order valence-electron chi connectivity index (χ0n) is 17.1. The highest BCUT2D eigenvalue weighted by molar-refractivity contribution is 7.92. The van der Waals surface area contributed by atoms with Crippen molar-refractivity contribution < 1.29 is 34.7 Å². The van der Waals surface area contributed by atoms with Crippen LogP contribution in [0.25, 0.3) is 0 Å². The second kappa shape index (κ2) is 7.86. The first kappa shape index (κ1) is 23.7. The molecule has 1 fully saturated rings. The van der Waals surface area contributed by atoms with Gasteiger partial charge in [0.25, 0.3) is 0 Å². The molecule has 0 radical (unpaired) electrons. The maximum Gasteiger partial charge on any atom is 0.416 e. The van der Waals surface area contributed by atoms with E-state index in [4.69, 9.17) is 4.74 Å². The zero-order valence-corrected chi connectivity index (χ0v) is 18.7. The largest absolute Gasteiger partial charge is 0.416 e.